The van der Waals surface area contributed by atoms with Gasteiger partial charge in [-0.3, -0.25) is 4.90 Å². The van der Waals surface area contributed by atoms with Gasteiger partial charge in [0.25, 0.3) is 0 Å². The summed E-state index contributed by atoms with van der Waals surface area (Å²) in [6.45, 7) is 6.20. The second-order valence-electron chi connectivity index (χ2n) is 5.60. The van der Waals surface area contributed by atoms with E-state index in [9.17, 15) is 5.11 Å². The van der Waals surface area contributed by atoms with Crippen molar-refractivity contribution in [2.45, 2.75) is 39.0 Å². The molecule has 0 amide bonds. The summed E-state index contributed by atoms with van der Waals surface area (Å²) in [6.07, 6.45) is 0.573. The summed E-state index contributed by atoms with van der Waals surface area (Å²) in [5.74, 6) is 0.800. The zero-order chi connectivity index (χ0) is 15.8. The van der Waals surface area contributed by atoms with Gasteiger partial charge in [0.2, 0.25) is 0 Å². The molecule has 0 saturated heterocycles. The first kappa shape index (κ1) is 17.0. The Balaban J connectivity index is 1.85. The van der Waals surface area contributed by atoms with Gasteiger partial charge >= 0.3 is 0 Å². The van der Waals surface area contributed by atoms with Gasteiger partial charge in [0, 0.05) is 19.1 Å². The van der Waals surface area contributed by atoms with Crippen LogP contribution in [0.2, 0.25) is 0 Å². The van der Waals surface area contributed by atoms with Crippen molar-refractivity contribution in [2.24, 2.45) is 0 Å². The van der Waals surface area contributed by atoms with Gasteiger partial charge in [0.15, 0.2) is 0 Å². The van der Waals surface area contributed by atoms with Gasteiger partial charge in [-0.1, -0.05) is 25.1 Å². The van der Waals surface area contributed by atoms with E-state index in [2.05, 4.69) is 35.6 Å². The predicted octanol–water partition coefficient (Wildman–Crippen LogP) is 3.79. The van der Waals surface area contributed by atoms with Crippen LogP contribution >= 0.6 is 11.3 Å². The quantitative estimate of drug-likeness (QED) is 0.763. The Bertz CT molecular complexity index is 515. The standard InChI is InChI=1S/C18H25NO2S/c1-3-15(2)19(11-16-9-10-22-14-16)12-17(20)13-21-18-7-5-4-6-8-18/h4-10,14-15,17,20H,3,11-13H2,1-2H3/t15-,17-/m1/s1. The largest absolute Gasteiger partial charge is 0.491 e. The van der Waals surface area contributed by atoms with Crippen molar-refractivity contribution in [3.05, 3.63) is 52.7 Å². The fraction of sp³-hybridized carbons (Fsp3) is 0.444. The van der Waals surface area contributed by atoms with Gasteiger partial charge in [0.1, 0.15) is 18.5 Å². The highest BCUT2D eigenvalue weighted by molar-refractivity contribution is 7.07. The van der Waals surface area contributed by atoms with Crippen LogP contribution in [0.15, 0.2) is 47.2 Å². The minimum Gasteiger partial charge on any atom is -0.491 e. The van der Waals surface area contributed by atoms with E-state index in [4.69, 9.17) is 4.74 Å². The monoisotopic (exact) mass is 319 g/mol. The Morgan fingerprint density at radius 3 is 2.64 bits per heavy atom. The van der Waals surface area contributed by atoms with E-state index in [1.807, 2.05) is 30.3 Å². The fourth-order valence-electron chi connectivity index (χ4n) is 2.31. The summed E-state index contributed by atoms with van der Waals surface area (Å²) < 4.78 is 5.64. The molecular weight excluding hydrogens is 294 g/mol. The van der Waals surface area contributed by atoms with Crippen LogP contribution in [0.5, 0.6) is 5.75 Å². The average Bonchev–Trinajstić information content (AvgIpc) is 3.05. The Kier molecular flexibility index (Phi) is 6.90. The van der Waals surface area contributed by atoms with E-state index in [1.54, 1.807) is 11.3 Å². The zero-order valence-electron chi connectivity index (χ0n) is 13.3. The maximum Gasteiger partial charge on any atom is 0.119 e. The Morgan fingerprint density at radius 2 is 2.00 bits per heavy atom. The first-order valence-electron chi connectivity index (χ1n) is 7.80. The molecule has 0 aliphatic rings. The lowest BCUT2D eigenvalue weighted by molar-refractivity contribution is 0.0507. The molecule has 22 heavy (non-hydrogen) atoms. The molecule has 2 rings (SSSR count). The van der Waals surface area contributed by atoms with Crippen molar-refractivity contribution in [3.8, 4) is 5.75 Å². The average molecular weight is 319 g/mol. The molecule has 0 fully saturated rings. The summed E-state index contributed by atoms with van der Waals surface area (Å²) >= 11 is 1.71. The normalized spacial score (nSPS) is 14.0. The predicted molar refractivity (Wildman–Crippen MR) is 92.4 cm³/mol. The molecule has 1 aromatic heterocycles. The van der Waals surface area contributed by atoms with Crippen molar-refractivity contribution >= 4 is 11.3 Å². The van der Waals surface area contributed by atoms with Crippen molar-refractivity contribution in [3.63, 3.8) is 0 Å². The van der Waals surface area contributed by atoms with Gasteiger partial charge in [-0.05, 0) is 47.9 Å². The lowest BCUT2D eigenvalue weighted by atomic mass is 10.1. The number of aliphatic hydroxyl groups is 1. The molecule has 0 unspecified atom stereocenters. The van der Waals surface area contributed by atoms with Crippen molar-refractivity contribution < 1.29 is 9.84 Å². The molecule has 1 heterocycles. The van der Waals surface area contributed by atoms with Crippen LogP contribution in [0.25, 0.3) is 0 Å². The topological polar surface area (TPSA) is 32.7 Å². The molecule has 0 spiro atoms. The molecule has 0 radical (unpaired) electrons. The Labute approximate surface area is 137 Å². The third-order valence-corrected chi connectivity index (χ3v) is 4.54. The Morgan fingerprint density at radius 1 is 1.23 bits per heavy atom. The summed E-state index contributed by atoms with van der Waals surface area (Å²) in [7, 11) is 0. The molecule has 0 aliphatic heterocycles. The van der Waals surface area contributed by atoms with Gasteiger partial charge < -0.3 is 9.84 Å². The van der Waals surface area contributed by atoms with Crippen molar-refractivity contribution in [2.75, 3.05) is 13.2 Å². The van der Waals surface area contributed by atoms with Crippen LogP contribution in [0.4, 0.5) is 0 Å². The van der Waals surface area contributed by atoms with Crippen molar-refractivity contribution in [1.82, 2.24) is 4.90 Å². The van der Waals surface area contributed by atoms with Crippen LogP contribution in [0.3, 0.4) is 0 Å². The first-order valence-corrected chi connectivity index (χ1v) is 8.74. The highest BCUT2D eigenvalue weighted by Gasteiger charge is 2.17. The summed E-state index contributed by atoms with van der Waals surface area (Å²) in [5, 5.41) is 14.6. The van der Waals surface area contributed by atoms with Gasteiger partial charge in [-0.2, -0.15) is 11.3 Å². The van der Waals surface area contributed by atoms with Crippen molar-refractivity contribution in [1.29, 1.82) is 0 Å². The molecule has 0 aliphatic carbocycles. The lowest BCUT2D eigenvalue weighted by Gasteiger charge is -2.30. The third kappa shape index (κ3) is 5.44. The van der Waals surface area contributed by atoms with E-state index in [1.165, 1.54) is 5.56 Å². The molecule has 4 heteroatoms. The Hall–Kier alpha value is -1.36. The van der Waals surface area contributed by atoms with Gasteiger partial charge in [-0.15, -0.1) is 0 Å². The number of thiophene rings is 1. The molecule has 1 aromatic carbocycles. The number of hydrogen-bond acceptors (Lipinski definition) is 4. The van der Waals surface area contributed by atoms with Crippen LogP contribution in [0, 0.1) is 0 Å². The number of benzene rings is 1. The van der Waals surface area contributed by atoms with E-state index in [0.717, 1.165) is 18.7 Å². The SMILES string of the molecule is CC[C@@H](C)N(Cc1ccsc1)C[C@@H](O)COc1ccccc1. The smallest absolute Gasteiger partial charge is 0.119 e. The molecule has 3 nitrogen and oxygen atoms in total. The molecule has 0 bridgehead atoms. The number of hydrogen-bond donors (Lipinski definition) is 1. The molecule has 2 atom stereocenters. The number of aliphatic hydroxyl groups excluding tert-OH is 1. The molecule has 120 valence electrons. The summed E-state index contributed by atoms with van der Waals surface area (Å²) in [4.78, 5) is 2.32. The van der Waals surface area contributed by atoms with E-state index < -0.39 is 6.10 Å². The van der Waals surface area contributed by atoms with E-state index >= 15 is 0 Å². The second kappa shape index (κ2) is 8.93. The van der Waals surface area contributed by atoms with Crippen LogP contribution in [0.1, 0.15) is 25.8 Å². The van der Waals surface area contributed by atoms with Crippen LogP contribution in [-0.4, -0.2) is 35.3 Å². The highest BCUT2D eigenvalue weighted by Crippen LogP contribution is 2.15. The van der Waals surface area contributed by atoms with Gasteiger partial charge in [-0.25, -0.2) is 0 Å². The van der Waals surface area contributed by atoms with E-state index in [0.29, 0.717) is 19.2 Å². The first-order chi connectivity index (χ1) is 10.7. The summed E-state index contributed by atoms with van der Waals surface area (Å²) in [5.41, 5.74) is 1.31. The maximum atomic E-state index is 10.3. The minimum absolute atomic E-state index is 0.320. The number of nitrogens with zero attached hydrogens (tertiary/aromatic N) is 1. The second-order valence-corrected chi connectivity index (χ2v) is 6.38. The van der Waals surface area contributed by atoms with Crippen LogP contribution < -0.4 is 4.74 Å². The zero-order valence-corrected chi connectivity index (χ0v) is 14.1. The number of para-hydroxylation sites is 1. The maximum absolute atomic E-state index is 10.3. The van der Waals surface area contributed by atoms with Gasteiger partial charge in [0.05, 0.1) is 0 Å². The number of rotatable bonds is 9. The van der Waals surface area contributed by atoms with E-state index in [-0.39, 0.29) is 0 Å². The minimum atomic E-state index is -0.493. The fourth-order valence-corrected chi connectivity index (χ4v) is 2.97. The molecule has 0 saturated carbocycles. The highest BCUT2D eigenvalue weighted by atomic mass is 32.1. The molecule has 1 N–H and O–H groups in total. The molecule has 2 aromatic rings. The third-order valence-electron chi connectivity index (χ3n) is 3.81. The lowest BCUT2D eigenvalue weighted by Crippen LogP contribution is -2.40. The number of ether oxygens (including phenoxy) is 1. The molecular formula is C18H25NO2S. The summed E-state index contributed by atoms with van der Waals surface area (Å²) in [6, 6.07) is 12.2. The van der Waals surface area contributed by atoms with Crippen LogP contribution in [-0.2, 0) is 6.54 Å².